The number of benzene rings is 1. The molecule has 1 aliphatic carbocycles. The molecule has 1 aromatic rings. The van der Waals surface area contributed by atoms with Crippen LogP contribution in [0.2, 0.25) is 0 Å². The van der Waals surface area contributed by atoms with Gasteiger partial charge in [0, 0.05) is 6.21 Å². The molecule has 4 nitrogen and oxygen atoms in total. The van der Waals surface area contributed by atoms with E-state index in [-0.39, 0.29) is 0 Å². The summed E-state index contributed by atoms with van der Waals surface area (Å²) in [7, 11) is 0. The van der Waals surface area contributed by atoms with Gasteiger partial charge in [0.25, 0.3) is 0 Å². The van der Waals surface area contributed by atoms with Crippen LogP contribution in [0.1, 0.15) is 30.9 Å². The van der Waals surface area contributed by atoms with Gasteiger partial charge < -0.3 is 15.2 Å². The Balaban J connectivity index is 1.56. The quantitative estimate of drug-likeness (QED) is 0.846. The number of allylic oxidation sites excluding steroid dienone is 1. The molecule has 120 valence electrons. The number of hydrogen-bond donors (Lipinski definition) is 1. The van der Waals surface area contributed by atoms with Gasteiger partial charge in [0.2, 0.25) is 5.88 Å². The van der Waals surface area contributed by atoms with Crippen molar-refractivity contribution in [3.05, 3.63) is 53.4 Å². The predicted octanol–water partition coefficient (Wildman–Crippen LogP) is 3.55. The van der Waals surface area contributed by atoms with E-state index in [2.05, 4.69) is 11.1 Å². The highest BCUT2D eigenvalue weighted by Gasteiger charge is 2.13. The van der Waals surface area contributed by atoms with E-state index in [1.165, 1.54) is 0 Å². The predicted molar refractivity (Wildman–Crippen MR) is 94.4 cm³/mol. The first-order valence-electron chi connectivity index (χ1n) is 7.92. The molecule has 0 saturated carbocycles. The standard InChI is InChI=1S/C19H22N2O2/c1-19(20)9-7-15-5-6-17(14-16(15)8-10-19)22-12-13-23-18-4-2-3-11-21-18/h4-11,14H,2-3,12-13,20H2,1H3. The average molecular weight is 310 g/mol. The Morgan fingerprint density at radius 3 is 2.65 bits per heavy atom. The summed E-state index contributed by atoms with van der Waals surface area (Å²) in [5.74, 6) is 1.52. The molecule has 1 unspecified atom stereocenters. The minimum atomic E-state index is -0.415. The molecular formula is C19H22N2O2. The Hall–Kier alpha value is -2.33. The van der Waals surface area contributed by atoms with Gasteiger partial charge in [-0.3, -0.25) is 0 Å². The van der Waals surface area contributed by atoms with Crippen molar-refractivity contribution in [1.29, 1.82) is 0 Å². The Kier molecular flexibility index (Phi) is 4.63. The van der Waals surface area contributed by atoms with E-state index in [4.69, 9.17) is 15.2 Å². The van der Waals surface area contributed by atoms with Gasteiger partial charge in [-0.1, -0.05) is 30.4 Å². The summed E-state index contributed by atoms with van der Waals surface area (Å²) in [6, 6.07) is 6.03. The SMILES string of the molecule is CC1(N)C=Cc2ccc(OCCOC3=CCCC=N3)cc2C=C1. The van der Waals surface area contributed by atoms with Crippen LogP contribution in [0, 0.1) is 0 Å². The highest BCUT2D eigenvalue weighted by molar-refractivity contribution is 5.70. The van der Waals surface area contributed by atoms with Crippen LogP contribution in [0.4, 0.5) is 0 Å². The zero-order valence-electron chi connectivity index (χ0n) is 13.4. The highest BCUT2D eigenvalue weighted by Crippen LogP contribution is 2.25. The molecule has 1 aliphatic heterocycles. The summed E-state index contributed by atoms with van der Waals surface area (Å²) in [6.45, 7) is 2.94. The number of hydrogen-bond acceptors (Lipinski definition) is 4. The van der Waals surface area contributed by atoms with Gasteiger partial charge in [-0.05, 0) is 49.1 Å². The molecule has 1 atom stereocenters. The second-order valence-corrected chi connectivity index (χ2v) is 5.95. The van der Waals surface area contributed by atoms with Gasteiger partial charge >= 0.3 is 0 Å². The van der Waals surface area contributed by atoms with Crippen molar-refractivity contribution < 1.29 is 9.47 Å². The first-order valence-corrected chi connectivity index (χ1v) is 7.92. The second kappa shape index (κ2) is 6.84. The number of rotatable bonds is 5. The molecule has 0 fully saturated rings. The average Bonchev–Trinajstić information content (AvgIpc) is 2.71. The summed E-state index contributed by atoms with van der Waals surface area (Å²) in [4.78, 5) is 4.19. The lowest BCUT2D eigenvalue weighted by atomic mass is 10.0. The molecule has 0 amide bonds. The minimum absolute atomic E-state index is 0.415. The summed E-state index contributed by atoms with van der Waals surface area (Å²) < 4.78 is 11.3. The third-order valence-electron chi connectivity index (χ3n) is 3.74. The second-order valence-electron chi connectivity index (χ2n) is 5.95. The Morgan fingerprint density at radius 2 is 1.87 bits per heavy atom. The van der Waals surface area contributed by atoms with Crippen molar-refractivity contribution >= 4 is 18.4 Å². The van der Waals surface area contributed by atoms with Gasteiger partial charge in [0.1, 0.15) is 19.0 Å². The van der Waals surface area contributed by atoms with Crippen LogP contribution in [0.3, 0.4) is 0 Å². The van der Waals surface area contributed by atoms with Crippen molar-refractivity contribution in [1.82, 2.24) is 0 Å². The van der Waals surface area contributed by atoms with E-state index in [1.54, 1.807) is 0 Å². The fourth-order valence-corrected chi connectivity index (χ4v) is 2.42. The zero-order valence-corrected chi connectivity index (χ0v) is 13.4. The molecule has 23 heavy (non-hydrogen) atoms. The van der Waals surface area contributed by atoms with Gasteiger partial charge in [-0.2, -0.15) is 0 Å². The van der Waals surface area contributed by atoms with E-state index < -0.39 is 5.54 Å². The molecule has 4 heteroatoms. The number of fused-ring (bicyclic) bond motifs is 1. The maximum Gasteiger partial charge on any atom is 0.208 e. The van der Waals surface area contributed by atoms with Crippen LogP contribution in [0.15, 0.2) is 47.3 Å². The fourth-order valence-electron chi connectivity index (χ4n) is 2.42. The molecule has 2 aliphatic rings. The van der Waals surface area contributed by atoms with Crippen LogP contribution in [-0.4, -0.2) is 25.0 Å². The molecule has 1 heterocycles. The van der Waals surface area contributed by atoms with Gasteiger partial charge in [0.05, 0.1) is 5.54 Å². The maximum absolute atomic E-state index is 6.13. The first-order chi connectivity index (χ1) is 11.1. The van der Waals surface area contributed by atoms with Gasteiger partial charge in [-0.25, -0.2) is 4.99 Å². The smallest absolute Gasteiger partial charge is 0.208 e. The van der Waals surface area contributed by atoms with E-state index in [0.717, 1.165) is 29.7 Å². The van der Waals surface area contributed by atoms with E-state index >= 15 is 0 Å². The van der Waals surface area contributed by atoms with E-state index in [9.17, 15) is 0 Å². The summed E-state index contributed by atoms with van der Waals surface area (Å²) in [6.07, 6.45) is 14.0. The number of aliphatic imine (C=N–C) groups is 1. The third kappa shape index (κ3) is 4.33. The van der Waals surface area contributed by atoms with Crippen LogP contribution >= 0.6 is 0 Å². The van der Waals surface area contributed by atoms with Crippen molar-refractivity contribution in [2.75, 3.05) is 13.2 Å². The molecule has 2 N–H and O–H groups in total. The van der Waals surface area contributed by atoms with Crippen LogP contribution in [0.25, 0.3) is 12.2 Å². The topological polar surface area (TPSA) is 56.8 Å². The summed E-state index contributed by atoms with van der Waals surface area (Å²) >= 11 is 0. The van der Waals surface area contributed by atoms with E-state index in [1.807, 2.05) is 55.6 Å². The van der Waals surface area contributed by atoms with Crippen molar-refractivity contribution in [2.24, 2.45) is 10.7 Å². The van der Waals surface area contributed by atoms with Crippen LogP contribution in [0.5, 0.6) is 5.75 Å². The van der Waals surface area contributed by atoms with Gasteiger partial charge in [-0.15, -0.1) is 0 Å². The van der Waals surface area contributed by atoms with Crippen molar-refractivity contribution in [3.63, 3.8) is 0 Å². The highest BCUT2D eigenvalue weighted by atomic mass is 16.5. The van der Waals surface area contributed by atoms with E-state index in [0.29, 0.717) is 19.1 Å². The molecule has 3 rings (SSSR count). The van der Waals surface area contributed by atoms with Crippen molar-refractivity contribution in [3.8, 4) is 5.75 Å². The monoisotopic (exact) mass is 310 g/mol. The lowest BCUT2D eigenvalue weighted by molar-refractivity contribution is 0.154. The van der Waals surface area contributed by atoms with Gasteiger partial charge in [0.15, 0.2) is 0 Å². The first kappa shape index (κ1) is 15.6. The lowest BCUT2D eigenvalue weighted by Crippen LogP contribution is -2.29. The number of nitrogens with zero attached hydrogens (tertiary/aromatic N) is 1. The van der Waals surface area contributed by atoms with Crippen LogP contribution in [-0.2, 0) is 4.74 Å². The summed E-state index contributed by atoms with van der Waals surface area (Å²) in [5, 5.41) is 0. The maximum atomic E-state index is 6.13. The number of nitrogens with two attached hydrogens (primary N) is 1. The van der Waals surface area contributed by atoms with Crippen LogP contribution < -0.4 is 10.5 Å². The zero-order chi connectivity index (χ0) is 16.1. The Morgan fingerprint density at radius 1 is 1.09 bits per heavy atom. The third-order valence-corrected chi connectivity index (χ3v) is 3.74. The fraction of sp³-hybridized carbons (Fsp3) is 0.316. The van der Waals surface area contributed by atoms with Crippen molar-refractivity contribution in [2.45, 2.75) is 25.3 Å². The molecule has 0 spiro atoms. The summed E-state index contributed by atoms with van der Waals surface area (Å²) in [5.41, 5.74) is 7.96. The molecule has 0 radical (unpaired) electrons. The molecule has 0 bridgehead atoms. The Bertz CT molecular complexity index is 685. The lowest BCUT2D eigenvalue weighted by Gasteiger charge is -2.12. The Labute approximate surface area is 137 Å². The molecule has 1 aromatic carbocycles. The molecule has 0 aromatic heterocycles. The largest absolute Gasteiger partial charge is 0.490 e. The normalized spacial score (nSPS) is 22.3. The molecule has 0 saturated heterocycles. The molecular weight excluding hydrogens is 288 g/mol. The minimum Gasteiger partial charge on any atom is -0.490 e. The number of ether oxygens (including phenoxy) is 2.